The van der Waals surface area contributed by atoms with E-state index in [0.29, 0.717) is 6.54 Å². The molecule has 0 aromatic carbocycles. The van der Waals surface area contributed by atoms with Crippen LogP contribution in [-0.4, -0.2) is 42.6 Å². The highest BCUT2D eigenvalue weighted by atomic mass is 16.5. The molecule has 1 fully saturated rings. The van der Waals surface area contributed by atoms with Gasteiger partial charge in [-0.2, -0.15) is 0 Å². The summed E-state index contributed by atoms with van der Waals surface area (Å²) >= 11 is 0. The maximum absolute atomic E-state index is 12.1. The predicted octanol–water partition coefficient (Wildman–Crippen LogP) is 1.14. The van der Waals surface area contributed by atoms with E-state index in [4.69, 9.17) is 10.5 Å². The smallest absolute Gasteiger partial charge is 0.251 e. The van der Waals surface area contributed by atoms with Gasteiger partial charge in [-0.25, -0.2) is 0 Å². The minimum Gasteiger partial charge on any atom is -0.364 e. The Labute approximate surface area is 98.1 Å². The quantitative estimate of drug-likeness (QED) is 0.741. The maximum atomic E-state index is 12.1. The van der Waals surface area contributed by atoms with Gasteiger partial charge in [0, 0.05) is 19.6 Å². The van der Waals surface area contributed by atoms with Crippen molar-refractivity contribution in [1.82, 2.24) is 4.90 Å². The Morgan fingerprint density at radius 3 is 2.38 bits per heavy atom. The van der Waals surface area contributed by atoms with Crippen LogP contribution in [0.2, 0.25) is 0 Å². The van der Waals surface area contributed by atoms with E-state index in [9.17, 15) is 4.79 Å². The molecular formula is C12H24N2O2. The van der Waals surface area contributed by atoms with Crippen molar-refractivity contribution in [2.24, 2.45) is 5.73 Å². The molecule has 0 aromatic heterocycles. The van der Waals surface area contributed by atoms with E-state index in [1.54, 1.807) is 0 Å². The number of ether oxygens (including phenoxy) is 1. The molecule has 1 amide bonds. The van der Waals surface area contributed by atoms with Gasteiger partial charge in [-0.3, -0.25) is 4.79 Å². The summed E-state index contributed by atoms with van der Waals surface area (Å²) in [4.78, 5) is 14.1. The van der Waals surface area contributed by atoms with Crippen LogP contribution in [0.15, 0.2) is 0 Å². The molecule has 1 rings (SSSR count). The van der Waals surface area contributed by atoms with E-state index in [1.165, 1.54) is 0 Å². The van der Waals surface area contributed by atoms with Crippen LogP contribution in [0.5, 0.6) is 0 Å². The van der Waals surface area contributed by atoms with Crippen LogP contribution in [-0.2, 0) is 9.53 Å². The van der Waals surface area contributed by atoms with Crippen LogP contribution < -0.4 is 5.73 Å². The lowest BCUT2D eigenvalue weighted by atomic mass is 10.1. The van der Waals surface area contributed by atoms with Crippen LogP contribution in [0.1, 0.15) is 39.5 Å². The van der Waals surface area contributed by atoms with Gasteiger partial charge < -0.3 is 15.4 Å². The number of amides is 1. The zero-order chi connectivity index (χ0) is 12.0. The number of hydrogen-bond donors (Lipinski definition) is 1. The van der Waals surface area contributed by atoms with E-state index in [-0.39, 0.29) is 18.1 Å². The highest BCUT2D eigenvalue weighted by molar-refractivity contribution is 5.81. The number of hydrogen-bond acceptors (Lipinski definition) is 3. The largest absolute Gasteiger partial charge is 0.364 e. The van der Waals surface area contributed by atoms with Gasteiger partial charge in [0.05, 0.1) is 6.10 Å². The first-order valence-electron chi connectivity index (χ1n) is 6.37. The summed E-state index contributed by atoms with van der Waals surface area (Å²) in [7, 11) is 0. The number of carbonyl (C=O) groups is 1. The molecule has 1 aliphatic heterocycles. The van der Waals surface area contributed by atoms with Gasteiger partial charge in [0.2, 0.25) is 0 Å². The molecule has 0 aromatic rings. The topological polar surface area (TPSA) is 55.6 Å². The molecule has 1 heterocycles. The van der Waals surface area contributed by atoms with Crippen LogP contribution >= 0.6 is 0 Å². The summed E-state index contributed by atoms with van der Waals surface area (Å²) in [6.45, 7) is 6.37. The lowest BCUT2D eigenvalue weighted by Crippen LogP contribution is -2.40. The summed E-state index contributed by atoms with van der Waals surface area (Å²) in [5.41, 5.74) is 5.54. The lowest BCUT2D eigenvalue weighted by molar-refractivity contribution is -0.142. The zero-order valence-electron chi connectivity index (χ0n) is 10.4. The molecule has 2 N–H and O–H groups in total. The summed E-state index contributed by atoms with van der Waals surface area (Å²) < 4.78 is 5.63. The van der Waals surface area contributed by atoms with Crippen molar-refractivity contribution in [3.05, 3.63) is 0 Å². The minimum absolute atomic E-state index is 0.0825. The Hall–Kier alpha value is -0.610. The fraction of sp³-hybridized carbons (Fsp3) is 0.917. The maximum Gasteiger partial charge on any atom is 0.251 e. The molecule has 1 aliphatic rings. The van der Waals surface area contributed by atoms with Crippen molar-refractivity contribution in [2.75, 3.05) is 19.6 Å². The van der Waals surface area contributed by atoms with E-state index in [1.807, 2.05) is 4.90 Å². The first-order valence-corrected chi connectivity index (χ1v) is 6.37. The fourth-order valence-corrected chi connectivity index (χ4v) is 2.14. The van der Waals surface area contributed by atoms with Crippen molar-refractivity contribution in [3.8, 4) is 0 Å². The summed E-state index contributed by atoms with van der Waals surface area (Å²) in [5, 5.41) is 0. The molecule has 94 valence electrons. The van der Waals surface area contributed by atoms with Gasteiger partial charge in [0.1, 0.15) is 6.10 Å². The molecule has 4 heteroatoms. The Kier molecular flexibility index (Phi) is 5.77. The first kappa shape index (κ1) is 13.5. The van der Waals surface area contributed by atoms with Gasteiger partial charge in [-0.05, 0) is 25.7 Å². The van der Waals surface area contributed by atoms with Gasteiger partial charge in [-0.15, -0.1) is 0 Å². The Morgan fingerprint density at radius 1 is 1.31 bits per heavy atom. The van der Waals surface area contributed by atoms with E-state index < -0.39 is 0 Å². The van der Waals surface area contributed by atoms with Crippen molar-refractivity contribution in [2.45, 2.75) is 51.7 Å². The molecule has 4 nitrogen and oxygen atoms in total. The second kappa shape index (κ2) is 6.86. The SMILES string of the molecule is CCCN(CCC)C(=O)C1CCC(CN)O1. The third-order valence-electron chi connectivity index (χ3n) is 2.94. The van der Waals surface area contributed by atoms with E-state index in [0.717, 1.165) is 38.8 Å². The van der Waals surface area contributed by atoms with Crippen molar-refractivity contribution >= 4 is 5.91 Å². The summed E-state index contributed by atoms with van der Waals surface area (Å²) in [6.07, 6.45) is 3.58. The molecule has 16 heavy (non-hydrogen) atoms. The standard InChI is InChI=1S/C12H24N2O2/c1-3-7-14(8-4-2)12(15)11-6-5-10(9-13)16-11/h10-11H,3-9,13H2,1-2H3. The predicted molar refractivity (Wildman–Crippen MR) is 64.1 cm³/mol. The van der Waals surface area contributed by atoms with E-state index in [2.05, 4.69) is 13.8 Å². The van der Waals surface area contributed by atoms with Crippen molar-refractivity contribution < 1.29 is 9.53 Å². The number of nitrogens with zero attached hydrogens (tertiary/aromatic N) is 1. The average molecular weight is 228 g/mol. The van der Waals surface area contributed by atoms with Gasteiger partial charge in [0.15, 0.2) is 0 Å². The molecule has 0 saturated carbocycles. The molecule has 0 spiro atoms. The third-order valence-corrected chi connectivity index (χ3v) is 2.94. The Balaban J connectivity index is 2.47. The number of rotatable bonds is 6. The molecule has 2 atom stereocenters. The molecule has 2 unspecified atom stereocenters. The molecule has 0 radical (unpaired) electrons. The molecule has 1 saturated heterocycles. The first-order chi connectivity index (χ1) is 7.72. The van der Waals surface area contributed by atoms with Gasteiger partial charge >= 0.3 is 0 Å². The third kappa shape index (κ3) is 3.46. The van der Waals surface area contributed by atoms with Crippen molar-refractivity contribution in [3.63, 3.8) is 0 Å². The zero-order valence-corrected chi connectivity index (χ0v) is 10.4. The Morgan fingerprint density at radius 2 is 1.94 bits per heavy atom. The second-order valence-corrected chi connectivity index (χ2v) is 4.39. The molecular weight excluding hydrogens is 204 g/mol. The molecule has 0 bridgehead atoms. The normalized spacial score (nSPS) is 24.7. The van der Waals surface area contributed by atoms with E-state index >= 15 is 0 Å². The summed E-state index contributed by atoms with van der Waals surface area (Å²) in [6, 6.07) is 0. The highest BCUT2D eigenvalue weighted by Crippen LogP contribution is 2.20. The highest BCUT2D eigenvalue weighted by Gasteiger charge is 2.32. The Bertz CT molecular complexity index is 215. The fourth-order valence-electron chi connectivity index (χ4n) is 2.14. The van der Waals surface area contributed by atoms with Crippen molar-refractivity contribution in [1.29, 1.82) is 0 Å². The van der Waals surface area contributed by atoms with Gasteiger partial charge in [-0.1, -0.05) is 13.8 Å². The molecule has 0 aliphatic carbocycles. The van der Waals surface area contributed by atoms with Crippen LogP contribution in [0.4, 0.5) is 0 Å². The van der Waals surface area contributed by atoms with Crippen LogP contribution in [0.3, 0.4) is 0 Å². The summed E-state index contributed by atoms with van der Waals surface area (Å²) in [5.74, 6) is 0.152. The minimum atomic E-state index is -0.244. The van der Waals surface area contributed by atoms with Crippen LogP contribution in [0.25, 0.3) is 0 Å². The van der Waals surface area contributed by atoms with Gasteiger partial charge in [0.25, 0.3) is 5.91 Å². The average Bonchev–Trinajstić information content (AvgIpc) is 2.76. The lowest BCUT2D eigenvalue weighted by Gasteiger charge is -2.24. The monoisotopic (exact) mass is 228 g/mol. The van der Waals surface area contributed by atoms with Crippen LogP contribution in [0, 0.1) is 0 Å². The number of carbonyl (C=O) groups excluding carboxylic acids is 1. The second-order valence-electron chi connectivity index (χ2n) is 4.39. The number of nitrogens with two attached hydrogens (primary N) is 1.